The Balaban J connectivity index is 2.33. The Morgan fingerprint density at radius 2 is 2.15 bits per heavy atom. The number of pyridine rings is 1. The van der Waals surface area contributed by atoms with Gasteiger partial charge in [0.25, 0.3) is 0 Å². The molecule has 0 aliphatic rings. The number of nitrogens with one attached hydrogen (secondary N) is 1. The molecule has 2 aromatic rings. The molecule has 1 atom stereocenters. The first-order chi connectivity index (χ1) is 9.42. The average Bonchev–Trinajstić information content (AvgIpc) is 2.44. The van der Waals surface area contributed by atoms with Gasteiger partial charge in [-0.05, 0) is 37.3 Å². The van der Waals surface area contributed by atoms with Gasteiger partial charge in [-0.15, -0.1) is 0 Å². The third kappa shape index (κ3) is 3.25. The molecular weight excluding hydrogens is 298 g/mol. The van der Waals surface area contributed by atoms with Gasteiger partial charge in [0, 0.05) is 11.9 Å². The van der Waals surface area contributed by atoms with Crippen LogP contribution in [-0.4, -0.2) is 19.9 Å². The number of rotatable bonds is 4. The van der Waals surface area contributed by atoms with E-state index in [1.807, 2.05) is 6.07 Å². The minimum absolute atomic E-state index is 0.0791. The number of sulfonamides is 1. The molecule has 0 radical (unpaired) electrons. The van der Waals surface area contributed by atoms with Crippen molar-refractivity contribution in [3.8, 4) is 6.07 Å². The van der Waals surface area contributed by atoms with Crippen LogP contribution in [0.25, 0.3) is 10.9 Å². The molecule has 1 heterocycles. The molecule has 7 heteroatoms. The molecule has 0 amide bonds. The zero-order valence-electron chi connectivity index (χ0n) is 10.7. The molecule has 0 aliphatic heterocycles. The number of aromatic nitrogens is 1. The fourth-order valence-corrected chi connectivity index (χ4v) is 2.93. The van der Waals surface area contributed by atoms with Crippen molar-refractivity contribution in [1.29, 1.82) is 5.26 Å². The van der Waals surface area contributed by atoms with E-state index in [2.05, 4.69) is 9.71 Å². The Kier molecular flexibility index (Phi) is 4.23. The summed E-state index contributed by atoms with van der Waals surface area (Å²) in [7, 11) is -3.63. The first-order valence-corrected chi connectivity index (χ1v) is 7.74. The van der Waals surface area contributed by atoms with Crippen LogP contribution in [-0.2, 0) is 10.0 Å². The van der Waals surface area contributed by atoms with Crippen LogP contribution in [0.3, 0.4) is 0 Å². The summed E-state index contributed by atoms with van der Waals surface area (Å²) in [6, 6.07) is 9.88. The minimum Gasteiger partial charge on any atom is -0.236 e. The first-order valence-electron chi connectivity index (χ1n) is 5.88. The third-order valence-corrected chi connectivity index (χ3v) is 4.37. The van der Waals surface area contributed by atoms with Crippen LogP contribution in [0.15, 0.2) is 35.2 Å². The maximum atomic E-state index is 12.1. The predicted octanol–water partition coefficient (Wildman–Crippen LogP) is 2.33. The van der Waals surface area contributed by atoms with Crippen molar-refractivity contribution >= 4 is 32.5 Å². The fourth-order valence-electron chi connectivity index (χ4n) is 1.61. The van der Waals surface area contributed by atoms with Crippen molar-refractivity contribution in [2.24, 2.45) is 5.92 Å². The van der Waals surface area contributed by atoms with Crippen LogP contribution in [0.5, 0.6) is 0 Å². The molecule has 5 nitrogen and oxygen atoms in total. The minimum atomic E-state index is -3.63. The lowest BCUT2D eigenvalue weighted by molar-refractivity contribution is 0.573. The lowest BCUT2D eigenvalue weighted by atomic mass is 10.2. The summed E-state index contributed by atoms with van der Waals surface area (Å²) in [5.74, 6) is -0.384. The van der Waals surface area contributed by atoms with E-state index in [1.54, 1.807) is 25.1 Å². The molecule has 0 saturated heterocycles. The normalized spacial score (nSPS) is 13.1. The Labute approximate surface area is 122 Å². The van der Waals surface area contributed by atoms with Gasteiger partial charge in [0.1, 0.15) is 5.15 Å². The summed E-state index contributed by atoms with van der Waals surface area (Å²) >= 11 is 5.78. The van der Waals surface area contributed by atoms with Crippen LogP contribution in [0.2, 0.25) is 5.15 Å². The van der Waals surface area contributed by atoms with Crippen molar-refractivity contribution < 1.29 is 8.42 Å². The molecule has 1 aromatic heterocycles. The van der Waals surface area contributed by atoms with Gasteiger partial charge < -0.3 is 0 Å². The Bertz CT molecular complexity index is 784. The van der Waals surface area contributed by atoms with Crippen molar-refractivity contribution in [3.05, 3.63) is 35.5 Å². The number of benzene rings is 1. The standard InChI is InChI=1S/C13H12ClN3O2S/c1-9(7-15)8-16-20(18,19)11-3-4-12-10(6-11)2-5-13(14)17-12/h2-6,9,16H,8H2,1H3. The average molecular weight is 310 g/mol. The van der Waals surface area contributed by atoms with Crippen LogP contribution in [0, 0.1) is 17.2 Å². The van der Waals surface area contributed by atoms with Crippen molar-refractivity contribution in [1.82, 2.24) is 9.71 Å². The molecular formula is C13H12ClN3O2S. The van der Waals surface area contributed by atoms with Crippen LogP contribution in [0.1, 0.15) is 6.92 Å². The second kappa shape index (κ2) is 5.75. The van der Waals surface area contributed by atoms with Gasteiger partial charge in [-0.3, -0.25) is 0 Å². The van der Waals surface area contributed by atoms with Gasteiger partial charge in [-0.25, -0.2) is 18.1 Å². The Morgan fingerprint density at radius 3 is 2.85 bits per heavy atom. The maximum absolute atomic E-state index is 12.1. The zero-order valence-corrected chi connectivity index (χ0v) is 12.2. The van der Waals surface area contributed by atoms with Crippen LogP contribution < -0.4 is 4.72 Å². The highest BCUT2D eigenvalue weighted by Gasteiger charge is 2.15. The molecule has 2 rings (SSSR count). The molecule has 1 N–H and O–H groups in total. The summed E-state index contributed by atoms with van der Waals surface area (Å²) in [5.41, 5.74) is 0.627. The van der Waals surface area contributed by atoms with Gasteiger partial charge in [0.2, 0.25) is 10.0 Å². The van der Waals surface area contributed by atoms with Crippen molar-refractivity contribution in [2.75, 3.05) is 6.54 Å². The smallest absolute Gasteiger partial charge is 0.236 e. The summed E-state index contributed by atoms with van der Waals surface area (Å²) in [4.78, 5) is 4.23. The zero-order chi connectivity index (χ0) is 14.8. The Morgan fingerprint density at radius 1 is 1.40 bits per heavy atom. The third-order valence-electron chi connectivity index (χ3n) is 2.74. The maximum Gasteiger partial charge on any atom is 0.240 e. The predicted molar refractivity (Wildman–Crippen MR) is 76.7 cm³/mol. The van der Waals surface area contributed by atoms with E-state index in [-0.39, 0.29) is 17.4 Å². The summed E-state index contributed by atoms with van der Waals surface area (Å²) < 4.78 is 26.6. The highest BCUT2D eigenvalue weighted by Crippen LogP contribution is 2.19. The van der Waals surface area contributed by atoms with Crippen LogP contribution >= 0.6 is 11.6 Å². The molecule has 0 aliphatic carbocycles. The van der Waals surface area contributed by atoms with E-state index in [9.17, 15) is 8.42 Å². The second-order valence-corrected chi connectivity index (χ2v) is 6.52. The van der Waals surface area contributed by atoms with Crippen molar-refractivity contribution in [3.63, 3.8) is 0 Å². The number of nitriles is 1. The van der Waals surface area contributed by atoms with E-state index >= 15 is 0 Å². The van der Waals surface area contributed by atoms with Gasteiger partial charge >= 0.3 is 0 Å². The number of hydrogen-bond acceptors (Lipinski definition) is 4. The quantitative estimate of drug-likeness (QED) is 0.879. The van der Waals surface area contributed by atoms with Gasteiger partial charge in [-0.2, -0.15) is 5.26 Å². The van der Waals surface area contributed by atoms with E-state index in [4.69, 9.17) is 16.9 Å². The number of halogens is 1. The Hall–Kier alpha value is -1.68. The van der Waals surface area contributed by atoms with Gasteiger partial charge in [0.05, 0.1) is 22.4 Å². The monoisotopic (exact) mass is 309 g/mol. The molecule has 20 heavy (non-hydrogen) atoms. The number of hydrogen-bond donors (Lipinski definition) is 1. The van der Waals surface area contributed by atoms with Gasteiger partial charge in [0.15, 0.2) is 0 Å². The van der Waals surface area contributed by atoms with E-state index < -0.39 is 10.0 Å². The molecule has 0 saturated carbocycles. The van der Waals surface area contributed by atoms with Crippen molar-refractivity contribution in [2.45, 2.75) is 11.8 Å². The highest BCUT2D eigenvalue weighted by atomic mass is 35.5. The van der Waals surface area contributed by atoms with E-state index in [1.165, 1.54) is 12.1 Å². The summed E-state index contributed by atoms with van der Waals surface area (Å²) in [5, 5.41) is 9.71. The molecule has 0 bridgehead atoms. The van der Waals surface area contributed by atoms with Gasteiger partial charge in [-0.1, -0.05) is 11.6 Å². The molecule has 0 spiro atoms. The SMILES string of the molecule is CC(C#N)CNS(=O)(=O)c1ccc2nc(Cl)ccc2c1. The topological polar surface area (TPSA) is 82.9 Å². The highest BCUT2D eigenvalue weighted by molar-refractivity contribution is 7.89. The largest absolute Gasteiger partial charge is 0.240 e. The summed E-state index contributed by atoms with van der Waals surface area (Å²) in [6.07, 6.45) is 0. The lowest BCUT2D eigenvalue weighted by Crippen LogP contribution is -2.27. The lowest BCUT2D eigenvalue weighted by Gasteiger charge is -2.08. The van der Waals surface area contributed by atoms with Crippen LogP contribution in [0.4, 0.5) is 0 Å². The number of fused-ring (bicyclic) bond motifs is 1. The van der Waals surface area contributed by atoms with E-state index in [0.29, 0.717) is 16.1 Å². The molecule has 0 fully saturated rings. The molecule has 104 valence electrons. The molecule has 1 unspecified atom stereocenters. The molecule has 1 aromatic carbocycles. The van der Waals surface area contributed by atoms with E-state index in [0.717, 1.165) is 0 Å². The fraction of sp³-hybridized carbons (Fsp3) is 0.231. The second-order valence-electron chi connectivity index (χ2n) is 4.37. The summed E-state index contributed by atoms with van der Waals surface area (Å²) in [6.45, 7) is 1.73. The number of nitrogens with zero attached hydrogens (tertiary/aromatic N) is 2. The first kappa shape index (κ1) is 14.7.